The lowest BCUT2D eigenvalue weighted by Gasteiger charge is -2.22. The van der Waals surface area contributed by atoms with E-state index in [1.54, 1.807) is 6.33 Å². The number of aromatic amines is 1. The lowest BCUT2D eigenvalue weighted by molar-refractivity contribution is 0.0614. The predicted molar refractivity (Wildman–Crippen MR) is 77.8 cm³/mol. The molecule has 0 aliphatic heterocycles. The van der Waals surface area contributed by atoms with Crippen LogP contribution in [0.15, 0.2) is 6.33 Å². The second-order valence-electron chi connectivity index (χ2n) is 5.31. The van der Waals surface area contributed by atoms with Crippen molar-refractivity contribution < 1.29 is 5.11 Å². The fourth-order valence-electron chi connectivity index (χ4n) is 2.66. The summed E-state index contributed by atoms with van der Waals surface area (Å²) < 4.78 is 0. The zero-order valence-electron chi connectivity index (χ0n) is 11.6. The Morgan fingerprint density at radius 2 is 2.10 bits per heavy atom. The first-order chi connectivity index (χ1) is 9.70. The first-order valence-electron chi connectivity index (χ1n) is 7.11. The minimum atomic E-state index is -0.615. The lowest BCUT2D eigenvalue weighted by Crippen LogP contribution is -2.33. The molecule has 4 N–H and O–H groups in total. The minimum absolute atomic E-state index is 0.504. The van der Waals surface area contributed by atoms with E-state index in [1.807, 2.05) is 6.92 Å². The van der Waals surface area contributed by atoms with Crippen LogP contribution in [0.4, 0.5) is 11.8 Å². The van der Waals surface area contributed by atoms with Crippen LogP contribution in [0.3, 0.4) is 0 Å². The van der Waals surface area contributed by atoms with Gasteiger partial charge in [0.2, 0.25) is 5.95 Å². The topological polar surface area (TPSA) is 98.8 Å². The van der Waals surface area contributed by atoms with Crippen LogP contribution in [0.2, 0.25) is 0 Å². The average molecular weight is 276 g/mol. The zero-order chi connectivity index (χ0) is 14.0. The van der Waals surface area contributed by atoms with E-state index in [-0.39, 0.29) is 0 Å². The van der Waals surface area contributed by atoms with E-state index >= 15 is 0 Å². The van der Waals surface area contributed by atoms with E-state index in [4.69, 9.17) is 0 Å². The summed E-state index contributed by atoms with van der Waals surface area (Å²) in [5, 5.41) is 16.7. The summed E-state index contributed by atoms with van der Waals surface area (Å²) in [7, 11) is 0. The van der Waals surface area contributed by atoms with Crippen molar-refractivity contribution in [2.24, 2.45) is 0 Å². The number of anilines is 2. The van der Waals surface area contributed by atoms with Gasteiger partial charge in [-0.1, -0.05) is 12.8 Å². The second kappa shape index (κ2) is 5.24. The van der Waals surface area contributed by atoms with Crippen molar-refractivity contribution in [3.63, 3.8) is 0 Å². The van der Waals surface area contributed by atoms with E-state index in [1.165, 1.54) is 0 Å². The highest BCUT2D eigenvalue weighted by atomic mass is 16.3. The second-order valence-corrected chi connectivity index (χ2v) is 5.31. The van der Waals surface area contributed by atoms with Crippen molar-refractivity contribution in [2.45, 2.75) is 38.2 Å². The summed E-state index contributed by atoms with van der Waals surface area (Å²) in [6.07, 6.45) is 5.47. The summed E-state index contributed by atoms with van der Waals surface area (Å²) in [5.74, 6) is 1.23. The van der Waals surface area contributed by atoms with Gasteiger partial charge in [-0.15, -0.1) is 0 Å². The third-order valence-electron chi connectivity index (χ3n) is 3.74. The molecule has 2 aromatic rings. The van der Waals surface area contributed by atoms with Gasteiger partial charge in [0.1, 0.15) is 5.52 Å². The van der Waals surface area contributed by atoms with Gasteiger partial charge in [-0.3, -0.25) is 0 Å². The summed E-state index contributed by atoms with van der Waals surface area (Å²) >= 11 is 0. The van der Waals surface area contributed by atoms with Crippen molar-refractivity contribution in [1.29, 1.82) is 0 Å². The molecule has 1 aliphatic carbocycles. The van der Waals surface area contributed by atoms with E-state index < -0.39 is 5.60 Å². The molecular weight excluding hydrogens is 256 g/mol. The van der Waals surface area contributed by atoms with Crippen LogP contribution < -0.4 is 10.6 Å². The molecule has 0 radical (unpaired) electrons. The fourth-order valence-corrected chi connectivity index (χ4v) is 2.66. The molecular formula is C13H20N6O. The van der Waals surface area contributed by atoms with Gasteiger partial charge in [-0.05, 0) is 19.8 Å². The molecule has 0 spiro atoms. The first kappa shape index (κ1) is 13.1. The predicted octanol–water partition coefficient (Wildman–Crippen LogP) is 1.50. The Kier molecular flexibility index (Phi) is 3.43. The molecule has 20 heavy (non-hydrogen) atoms. The molecule has 1 aliphatic rings. The Morgan fingerprint density at radius 3 is 2.85 bits per heavy atom. The van der Waals surface area contributed by atoms with E-state index in [2.05, 4.69) is 30.6 Å². The summed E-state index contributed by atoms with van der Waals surface area (Å²) in [6.45, 7) is 3.25. The lowest BCUT2D eigenvalue weighted by atomic mass is 10.0. The highest BCUT2D eigenvalue weighted by Crippen LogP contribution is 2.30. The molecule has 7 heteroatoms. The SMILES string of the molecule is CCNc1nc(NCC2(O)CCCC2)c2[nH]cnc2n1. The maximum atomic E-state index is 10.4. The third-order valence-corrected chi connectivity index (χ3v) is 3.74. The van der Waals surface area contributed by atoms with Gasteiger partial charge in [0.05, 0.1) is 11.9 Å². The number of fused-ring (bicyclic) bond motifs is 1. The number of nitrogens with one attached hydrogen (secondary N) is 3. The van der Waals surface area contributed by atoms with Crippen LogP contribution in [-0.2, 0) is 0 Å². The maximum Gasteiger partial charge on any atom is 0.226 e. The summed E-state index contributed by atoms with van der Waals surface area (Å²) in [5.41, 5.74) is 0.778. The van der Waals surface area contributed by atoms with Crippen LogP contribution in [0.1, 0.15) is 32.6 Å². The molecule has 2 heterocycles. The molecule has 0 bridgehead atoms. The molecule has 0 atom stereocenters. The number of aromatic nitrogens is 4. The molecule has 0 unspecified atom stereocenters. The van der Waals surface area contributed by atoms with Gasteiger partial charge < -0.3 is 20.7 Å². The van der Waals surface area contributed by atoms with E-state index in [0.717, 1.165) is 37.7 Å². The molecule has 0 saturated heterocycles. The molecule has 1 saturated carbocycles. The van der Waals surface area contributed by atoms with Crippen LogP contribution in [0, 0.1) is 0 Å². The van der Waals surface area contributed by atoms with Crippen molar-refractivity contribution in [3.05, 3.63) is 6.33 Å². The zero-order valence-corrected chi connectivity index (χ0v) is 11.6. The Morgan fingerprint density at radius 1 is 1.30 bits per heavy atom. The van der Waals surface area contributed by atoms with Gasteiger partial charge in [-0.2, -0.15) is 9.97 Å². The minimum Gasteiger partial charge on any atom is -0.388 e. The number of hydrogen-bond donors (Lipinski definition) is 4. The highest BCUT2D eigenvalue weighted by molar-refractivity contribution is 5.83. The standard InChI is InChI=1S/C13H20N6O/c1-2-14-12-18-10(9-11(19-12)17-8-16-9)15-7-13(20)5-3-4-6-13/h8,20H,2-7H2,1H3,(H3,14,15,16,17,18,19). The number of imidazole rings is 1. The number of aliphatic hydroxyl groups is 1. The first-order valence-corrected chi connectivity index (χ1v) is 7.11. The molecule has 108 valence electrons. The monoisotopic (exact) mass is 276 g/mol. The Balaban J connectivity index is 1.83. The highest BCUT2D eigenvalue weighted by Gasteiger charge is 2.31. The van der Waals surface area contributed by atoms with Crippen molar-refractivity contribution in [1.82, 2.24) is 19.9 Å². The van der Waals surface area contributed by atoms with Gasteiger partial charge in [0, 0.05) is 13.1 Å². The van der Waals surface area contributed by atoms with E-state index in [9.17, 15) is 5.11 Å². The van der Waals surface area contributed by atoms with Gasteiger partial charge in [0.25, 0.3) is 0 Å². The van der Waals surface area contributed by atoms with E-state index in [0.29, 0.717) is 24.0 Å². The Hall–Kier alpha value is -1.89. The van der Waals surface area contributed by atoms with Crippen molar-refractivity contribution in [3.8, 4) is 0 Å². The van der Waals surface area contributed by atoms with Crippen LogP contribution >= 0.6 is 0 Å². The van der Waals surface area contributed by atoms with Crippen molar-refractivity contribution >= 4 is 22.9 Å². The Bertz CT molecular complexity index is 590. The fraction of sp³-hybridized carbons (Fsp3) is 0.615. The van der Waals surface area contributed by atoms with Crippen LogP contribution in [0.5, 0.6) is 0 Å². The normalized spacial score (nSPS) is 17.5. The van der Waals surface area contributed by atoms with Gasteiger partial charge >= 0.3 is 0 Å². The number of nitrogens with zero attached hydrogens (tertiary/aromatic N) is 3. The molecule has 7 nitrogen and oxygen atoms in total. The summed E-state index contributed by atoms with van der Waals surface area (Å²) in [6, 6.07) is 0. The number of H-pyrrole nitrogens is 1. The van der Waals surface area contributed by atoms with Crippen LogP contribution in [-0.4, -0.2) is 43.7 Å². The average Bonchev–Trinajstić information content (AvgIpc) is 3.06. The molecule has 3 rings (SSSR count). The molecule has 2 aromatic heterocycles. The summed E-state index contributed by atoms with van der Waals surface area (Å²) in [4.78, 5) is 16.0. The largest absolute Gasteiger partial charge is 0.388 e. The maximum absolute atomic E-state index is 10.4. The smallest absolute Gasteiger partial charge is 0.226 e. The number of rotatable bonds is 5. The van der Waals surface area contributed by atoms with Gasteiger partial charge in [-0.25, -0.2) is 4.98 Å². The Labute approximate surface area is 117 Å². The molecule has 0 amide bonds. The van der Waals surface area contributed by atoms with Crippen molar-refractivity contribution in [2.75, 3.05) is 23.7 Å². The quantitative estimate of drug-likeness (QED) is 0.660. The van der Waals surface area contributed by atoms with Gasteiger partial charge in [0.15, 0.2) is 11.5 Å². The molecule has 1 fully saturated rings. The van der Waals surface area contributed by atoms with Crippen LogP contribution in [0.25, 0.3) is 11.2 Å². The number of hydrogen-bond acceptors (Lipinski definition) is 6. The third kappa shape index (κ3) is 2.53. The molecule has 0 aromatic carbocycles.